The van der Waals surface area contributed by atoms with Gasteiger partial charge in [-0.25, -0.2) is 0 Å². The molecular formula is C14H16ClN3O2. The average Bonchev–Trinajstić information content (AvgIpc) is 2.84. The summed E-state index contributed by atoms with van der Waals surface area (Å²) in [7, 11) is 0. The SMILES string of the molecule is CCCc1cc(NC(=O)COc2cccc(Cl)c2)n[nH]1. The lowest BCUT2D eigenvalue weighted by Crippen LogP contribution is -2.20. The topological polar surface area (TPSA) is 67.0 Å². The molecule has 0 aliphatic rings. The number of carbonyl (C=O) groups excluding carboxylic acids is 1. The second-order valence-electron chi connectivity index (χ2n) is 4.32. The van der Waals surface area contributed by atoms with Gasteiger partial charge < -0.3 is 10.1 Å². The second kappa shape index (κ2) is 6.96. The molecule has 1 aromatic heterocycles. The lowest BCUT2D eigenvalue weighted by atomic mass is 10.2. The van der Waals surface area contributed by atoms with E-state index in [0.29, 0.717) is 16.6 Å². The van der Waals surface area contributed by atoms with Crippen molar-refractivity contribution in [3.8, 4) is 5.75 Å². The molecule has 0 aliphatic heterocycles. The number of rotatable bonds is 6. The zero-order chi connectivity index (χ0) is 14.4. The van der Waals surface area contributed by atoms with Crippen molar-refractivity contribution in [3.63, 3.8) is 0 Å². The summed E-state index contributed by atoms with van der Waals surface area (Å²) in [6, 6.07) is 8.73. The predicted octanol–water partition coefficient (Wildman–Crippen LogP) is 3.03. The smallest absolute Gasteiger partial charge is 0.263 e. The van der Waals surface area contributed by atoms with Crippen LogP contribution in [0.4, 0.5) is 5.82 Å². The van der Waals surface area contributed by atoms with Crippen molar-refractivity contribution in [2.24, 2.45) is 0 Å². The van der Waals surface area contributed by atoms with Crippen molar-refractivity contribution < 1.29 is 9.53 Å². The van der Waals surface area contributed by atoms with Crippen molar-refractivity contribution in [1.29, 1.82) is 0 Å². The number of aryl methyl sites for hydroxylation is 1. The average molecular weight is 294 g/mol. The quantitative estimate of drug-likeness (QED) is 0.860. The van der Waals surface area contributed by atoms with Gasteiger partial charge in [-0.1, -0.05) is 31.0 Å². The van der Waals surface area contributed by atoms with Crippen molar-refractivity contribution in [3.05, 3.63) is 41.0 Å². The third kappa shape index (κ3) is 4.28. The Hall–Kier alpha value is -2.01. The van der Waals surface area contributed by atoms with Gasteiger partial charge in [0.2, 0.25) is 0 Å². The van der Waals surface area contributed by atoms with Gasteiger partial charge in [0.15, 0.2) is 12.4 Å². The maximum absolute atomic E-state index is 11.7. The zero-order valence-corrected chi connectivity index (χ0v) is 11.9. The van der Waals surface area contributed by atoms with Crippen molar-refractivity contribution in [2.45, 2.75) is 19.8 Å². The Balaban J connectivity index is 1.82. The molecule has 1 amide bonds. The molecule has 0 atom stereocenters. The molecule has 0 radical (unpaired) electrons. The monoisotopic (exact) mass is 293 g/mol. The van der Waals surface area contributed by atoms with Crippen LogP contribution in [0.3, 0.4) is 0 Å². The zero-order valence-electron chi connectivity index (χ0n) is 11.1. The number of hydrogen-bond donors (Lipinski definition) is 2. The summed E-state index contributed by atoms with van der Waals surface area (Å²) in [5, 5.41) is 10.1. The van der Waals surface area contributed by atoms with E-state index >= 15 is 0 Å². The molecule has 0 unspecified atom stereocenters. The predicted molar refractivity (Wildman–Crippen MR) is 78.2 cm³/mol. The number of halogens is 1. The van der Waals surface area contributed by atoms with Crippen LogP contribution >= 0.6 is 11.6 Å². The van der Waals surface area contributed by atoms with E-state index in [1.165, 1.54) is 0 Å². The minimum atomic E-state index is -0.264. The molecule has 6 heteroatoms. The molecule has 0 spiro atoms. The first-order valence-electron chi connectivity index (χ1n) is 6.40. The summed E-state index contributed by atoms with van der Waals surface area (Å²) >= 11 is 5.83. The van der Waals surface area contributed by atoms with Crippen LogP contribution in [0.2, 0.25) is 5.02 Å². The summed E-state index contributed by atoms with van der Waals surface area (Å²) < 4.78 is 5.34. The van der Waals surface area contributed by atoms with Crippen LogP contribution in [0.5, 0.6) is 5.75 Å². The molecule has 0 saturated carbocycles. The van der Waals surface area contributed by atoms with Gasteiger partial charge in [0.25, 0.3) is 5.91 Å². The number of aromatic nitrogens is 2. The molecule has 1 heterocycles. The van der Waals surface area contributed by atoms with E-state index in [-0.39, 0.29) is 12.5 Å². The van der Waals surface area contributed by atoms with Crippen molar-refractivity contribution in [1.82, 2.24) is 10.2 Å². The lowest BCUT2D eigenvalue weighted by Gasteiger charge is -2.05. The molecular weight excluding hydrogens is 278 g/mol. The van der Waals surface area contributed by atoms with Crippen LogP contribution in [-0.2, 0) is 11.2 Å². The number of hydrogen-bond acceptors (Lipinski definition) is 3. The highest BCUT2D eigenvalue weighted by Gasteiger charge is 2.07. The number of carbonyl (C=O) groups is 1. The van der Waals surface area contributed by atoms with Gasteiger partial charge in [-0.05, 0) is 24.6 Å². The first-order valence-corrected chi connectivity index (χ1v) is 6.77. The third-order valence-corrected chi connectivity index (χ3v) is 2.82. The number of benzene rings is 1. The van der Waals surface area contributed by atoms with Crippen molar-refractivity contribution in [2.75, 3.05) is 11.9 Å². The highest BCUT2D eigenvalue weighted by molar-refractivity contribution is 6.30. The maximum Gasteiger partial charge on any atom is 0.263 e. The van der Waals surface area contributed by atoms with Gasteiger partial charge in [0.1, 0.15) is 5.75 Å². The second-order valence-corrected chi connectivity index (χ2v) is 4.76. The Morgan fingerprint density at radius 3 is 3.05 bits per heavy atom. The van der Waals surface area contributed by atoms with Gasteiger partial charge in [-0.15, -0.1) is 0 Å². The Labute approximate surface area is 122 Å². The number of nitrogens with one attached hydrogen (secondary N) is 2. The fourth-order valence-electron chi connectivity index (χ4n) is 1.71. The lowest BCUT2D eigenvalue weighted by molar-refractivity contribution is -0.118. The van der Waals surface area contributed by atoms with Crippen LogP contribution < -0.4 is 10.1 Å². The number of ether oxygens (including phenoxy) is 1. The number of nitrogens with zero attached hydrogens (tertiary/aromatic N) is 1. The fraction of sp³-hybridized carbons (Fsp3) is 0.286. The molecule has 1 aromatic carbocycles. The Morgan fingerprint density at radius 1 is 1.45 bits per heavy atom. The van der Waals surface area contributed by atoms with Crippen molar-refractivity contribution >= 4 is 23.3 Å². The van der Waals surface area contributed by atoms with E-state index in [1.807, 2.05) is 6.07 Å². The van der Waals surface area contributed by atoms with Gasteiger partial charge in [0.05, 0.1) is 0 Å². The molecule has 2 N–H and O–H groups in total. The normalized spacial score (nSPS) is 10.3. The number of amides is 1. The summed E-state index contributed by atoms with van der Waals surface area (Å²) in [6.07, 6.45) is 1.93. The third-order valence-electron chi connectivity index (χ3n) is 2.58. The number of H-pyrrole nitrogens is 1. The summed E-state index contributed by atoms with van der Waals surface area (Å²) in [4.78, 5) is 11.7. The van der Waals surface area contributed by atoms with Crippen LogP contribution in [0.1, 0.15) is 19.0 Å². The van der Waals surface area contributed by atoms with Crippen LogP contribution in [-0.4, -0.2) is 22.7 Å². The van der Waals surface area contributed by atoms with E-state index in [4.69, 9.17) is 16.3 Å². The summed E-state index contributed by atoms with van der Waals surface area (Å²) in [5.74, 6) is 0.800. The van der Waals surface area contributed by atoms with Crippen LogP contribution in [0, 0.1) is 0 Å². The van der Waals surface area contributed by atoms with Gasteiger partial charge >= 0.3 is 0 Å². The number of anilines is 1. The molecule has 0 fully saturated rings. The molecule has 0 bridgehead atoms. The molecule has 0 aliphatic carbocycles. The maximum atomic E-state index is 11.7. The van der Waals surface area contributed by atoms with E-state index in [1.54, 1.807) is 24.3 Å². The van der Waals surface area contributed by atoms with Gasteiger partial charge in [-0.3, -0.25) is 9.89 Å². The standard InChI is InChI=1S/C14H16ClN3O2/c1-2-4-11-8-13(18-17-11)16-14(19)9-20-12-6-3-5-10(15)7-12/h3,5-8H,2,4,9H2,1H3,(H2,16,17,18,19). The first-order chi connectivity index (χ1) is 9.67. The number of aromatic amines is 1. The molecule has 2 rings (SSSR count). The summed E-state index contributed by atoms with van der Waals surface area (Å²) in [6.45, 7) is 1.99. The Morgan fingerprint density at radius 2 is 2.30 bits per heavy atom. The first kappa shape index (κ1) is 14.4. The fourth-order valence-corrected chi connectivity index (χ4v) is 1.89. The van der Waals surface area contributed by atoms with Gasteiger partial charge in [-0.2, -0.15) is 5.10 Å². The van der Waals surface area contributed by atoms with Crippen LogP contribution in [0.25, 0.3) is 0 Å². The van der Waals surface area contributed by atoms with Gasteiger partial charge in [0, 0.05) is 16.8 Å². The van der Waals surface area contributed by atoms with Crippen LogP contribution in [0.15, 0.2) is 30.3 Å². The Kier molecular flexibility index (Phi) is 5.01. The molecule has 20 heavy (non-hydrogen) atoms. The highest BCUT2D eigenvalue weighted by atomic mass is 35.5. The summed E-state index contributed by atoms with van der Waals surface area (Å²) in [5.41, 5.74) is 0.999. The Bertz CT molecular complexity index is 583. The van der Waals surface area contributed by atoms with E-state index < -0.39 is 0 Å². The highest BCUT2D eigenvalue weighted by Crippen LogP contribution is 2.17. The van der Waals surface area contributed by atoms with E-state index in [2.05, 4.69) is 22.4 Å². The molecule has 2 aromatic rings. The molecule has 106 valence electrons. The molecule has 5 nitrogen and oxygen atoms in total. The minimum absolute atomic E-state index is 0.0870. The largest absolute Gasteiger partial charge is 0.484 e. The van der Waals surface area contributed by atoms with E-state index in [0.717, 1.165) is 18.5 Å². The molecule has 0 saturated heterocycles. The van der Waals surface area contributed by atoms with E-state index in [9.17, 15) is 4.79 Å². The minimum Gasteiger partial charge on any atom is -0.484 e.